The van der Waals surface area contributed by atoms with Gasteiger partial charge in [0, 0.05) is 24.1 Å². The molecule has 0 unspecified atom stereocenters. The van der Waals surface area contributed by atoms with E-state index in [1.54, 1.807) is 0 Å². The normalized spacial score (nSPS) is 12.6. The minimum Gasteiger partial charge on any atom is -0.353 e. The van der Waals surface area contributed by atoms with Gasteiger partial charge in [0.15, 0.2) is 6.29 Å². The summed E-state index contributed by atoms with van der Waals surface area (Å²) >= 11 is 2.39. The van der Waals surface area contributed by atoms with Gasteiger partial charge in [0.25, 0.3) is 0 Å². The van der Waals surface area contributed by atoms with E-state index in [0.717, 1.165) is 19.3 Å². The summed E-state index contributed by atoms with van der Waals surface area (Å²) in [5.74, 6) is 0. The van der Waals surface area contributed by atoms with E-state index >= 15 is 0 Å². The van der Waals surface area contributed by atoms with Crippen molar-refractivity contribution in [3.63, 3.8) is 0 Å². The van der Waals surface area contributed by atoms with Gasteiger partial charge in [-0.15, -0.1) is 0 Å². The first kappa shape index (κ1) is 18.9. The maximum absolute atomic E-state index is 5.46. The molecule has 0 amide bonds. The summed E-state index contributed by atoms with van der Waals surface area (Å²) in [6.07, 6.45) is 17.1. The lowest BCUT2D eigenvalue weighted by atomic mass is 10.2. The predicted molar refractivity (Wildman–Crippen MR) is 91.8 cm³/mol. The number of hydrogen-bond acceptors (Lipinski definition) is 2. The van der Waals surface area contributed by atoms with Crippen molar-refractivity contribution in [2.45, 2.75) is 45.8 Å². The Morgan fingerprint density at radius 1 is 0.842 bits per heavy atom. The van der Waals surface area contributed by atoms with Crippen LogP contribution in [-0.4, -0.2) is 23.9 Å². The average Bonchev–Trinajstić information content (AvgIpc) is 2.41. The smallest absolute Gasteiger partial charge is 0.160 e. The van der Waals surface area contributed by atoms with E-state index in [4.69, 9.17) is 9.47 Å². The molecular weight excluding hydrogens is 351 g/mol. The summed E-state index contributed by atoms with van der Waals surface area (Å²) in [6, 6.07) is 0. The number of halogens is 1. The minimum atomic E-state index is -0.0913. The highest BCUT2D eigenvalue weighted by molar-refractivity contribution is 14.1. The largest absolute Gasteiger partial charge is 0.353 e. The van der Waals surface area contributed by atoms with Crippen LogP contribution < -0.4 is 0 Å². The number of alkyl halides is 1. The molecule has 0 aliphatic rings. The molecule has 3 heteroatoms. The van der Waals surface area contributed by atoms with Crippen LogP contribution in [0.5, 0.6) is 0 Å². The Kier molecular flexibility index (Phi) is 15.8. The van der Waals surface area contributed by atoms with Crippen molar-refractivity contribution in [3.05, 3.63) is 36.5 Å². The van der Waals surface area contributed by atoms with Gasteiger partial charge in [-0.2, -0.15) is 0 Å². The Labute approximate surface area is 132 Å². The Bertz CT molecular complexity index is 253. The van der Waals surface area contributed by atoms with Crippen molar-refractivity contribution in [1.82, 2.24) is 0 Å². The van der Waals surface area contributed by atoms with Crippen molar-refractivity contribution in [3.8, 4) is 0 Å². The topological polar surface area (TPSA) is 18.5 Å². The summed E-state index contributed by atoms with van der Waals surface area (Å²) in [5, 5.41) is 0. The minimum absolute atomic E-state index is 0.0913. The van der Waals surface area contributed by atoms with Gasteiger partial charge in [-0.3, -0.25) is 0 Å². The zero-order valence-corrected chi connectivity index (χ0v) is 14.3. The molecule has 0 spiro atoms. The van der Waals surface area contributed by atoms with Crippen LogP contribution in [0, 0.1) is 0 Å². The molecule has 0 aromatic carbocycles. The fourth-order valence-corrected chi connectivity index (χ4v) is 1.85. The third-order valence-electron chi connectivity index (χ3n) is 2.35. The summed E-state index contributed by atoms with van der Waals surface area (Å²) in [7, 11) is 0. The van der Waals surface area contributed by atoms with E-state index in [0.29, 0.717) is 13.2 Å². The molecule has 0 rings (SSSR count). The summed E-state index contributed by atoms with van der Waals surface area (Å²) in [6.45, 7) is 5.37. The maximum Gasteiger partial charge on any atom is 0.160 e. The van der Waals surface area contributed by atoms with Gasteiger partial charge in [-0.25, -0.2) is 0 Å². The highest BCUT2D eigenvalue weighted by Crippen LogP contribution is 2.03. The molecule has 0 saturated carbocycles. The molecule has 0 heterocycles. The molecule has 110 valence electrons. The summed E-state index contributed by atoms with van der Waals surface area (Å²) < 4.78 is 12.1. The van der Waals surface area contributed by atoms with Crippen LogP contribution in [0.3, 0.4) is 0 Å². The first-order valence-corrected chi connectivity index (χ1v) is 8.61. The first-order valence-electron chi connectivity index (χ1n) is 7.09. The quantitative estimate of drug-likeness (QED) is 0.205. The number of hydrogen-bond donors (Lipinski definition) is 0. The van der Waals surface area contributed by atoms with Gasteiger partial charge < -0.3 is 9.47 Å². The van der Waals surface area contributed by atoms with E-state index in [2.05, 4.69) is 59.0 Å². The molecule has 0 aliphatic heterocycles. The van der Waals surface area contributed by atoms with E-state index in [1.165, 1.54) is 10.8 Å². The number of ether oxygens (including phenoxy) is 2. The highest BCUT2D eigenvalue weighted by atomic mass is 127. The van der Waals surface area contributed by atoms with Crippen molar-refractivity contribution in [2.75, 3.05) is 17.6 Å². The number of allylic oxidation sites excluding steroid dienone is 5. The van der Waals surface area contributed by atoms with E-state index < -0.39 is 0 Å². The Balaban J connectivity index is 3.62. The van der Waals surface area contributed by atoms with Crippen molar-refractivity contribution < 1.29 is 9.47 Å². The monoisotopic (exact) mass is 378 g/mol. The van der Waals surface area contributed by atoms with Crippen LogP contribution in [0.1, 0.15) is 39.5 Å². The Hall–Kier alpha value is -0.130. The molecule has 0 aromatic rings. The molecule has 2 nitrogen and oxygen atoms in total. The lowest BCUT2D eigenvalue weighted by Crippen LogP contribution is -2.16. The second-order valence-corrected chi connectivity index (χ2v) is 5.02. The van der Waals surface area contributed by atoms with Gasteiger partial charge >= 0.3 is 0 Å². The average molecular weight is 378 g/mol. The second kappa shape index (κ2) is 15.9. The standard InChI is InChI=1S/C16H27IO2/c1-3-18-16(19-4-2)14-12-10-8-6-5-7-9-11-13-15-17/h5-6,9-12,16H,3-4,7-8,13-15H2,1-2H3/b6-5-,11-9-,12-10-. The fraction of sp³-hybridized carbons (Fsp3) is 0.625. The number of rotatable bonds is 12. The lowest BCUT2D eigenvalue weighted by molar-refractivity contribution is -0.133. The van der Waals surface area contributed by atoms with E-state index in [1.807, 2.05) is 13.8 Å². The van der Waals surface area contributed by atoms with Crippen LogP contribution in [-0.2, 0) is 9.47 Å². The van der Waals surface area contributed by atoms with Gasteiger partial charge in [-0.05, 0) is 33.1 Å². The molecule has 0 aliphatic carbocycles. The van der Waals surface area contributed by atoms with Gasteiger partial charge in [0.1, 0.15) is 0 Å². The van der Waals surface area contributed by atoms with Crippen molar-refractivity contribution in [2.24, 2.45) is 0 Å². The molecular formula is C16H27IO2. The van der Waals surface area contributed by atoms with Crippen LogP contribution in [0.15, 0.2) is 36.5 Å². The Morgan fingerprint density at radius 3 is 1.89 bits per heavy atom. The lowest BCUT2D eigenvalue weighted by Gasteiger charge is -2.14. The zero-order chi connectivity index (χ0) is 14.2. The highest BCUT2D eigenvalue weighted by Gasteiger charge is 2.03. The van der Waals surface area contributed by atoms with E-state index in [9.17, 15) is 0 Å². The third-order valence-corrected chi connectivity index (χ3v) is 2.98. The zero-order valence-electron chi connectivity index (χ0n) is 12.2. The van der Waals surface area contributed by atoms with Crippen LogP contribution in [0.2, 0.25) is 0 Å². The third kappa shape index (κ3) is 14.1. The van der Waals surface area contributed by atoms with Crippen LogP contribution >= 0.6 is 22.6 Å². The maximum atomic E-state index is 5.46. The van der Waals surface area contributed by atoms with E-state index in [-0.39, 0.29) is 6.29 Å². The fourth-order valence-electron chi connectivity index (χ4n) is 1.49. The predicted octanol–water partition coefficient (Wildman–Crippen LogP) is 5.05. The summed E-state index contributed by atoms with van der Waals surface area (Å²) in [4.78, 5) is 0. The van der Waals surface area contributed by atoms with Crippen molar-refractivity contribution >= 4 is 22.6 Å². The van der Waals surface area contributed by atoms with Crippen LogP contribution in [0.25, 0.3) is 0 Å². The molecule has 0 saturated heterocycles. The molecule has 0 fully saturated rings. The summed E-state index contributed by atoms with van der Waals surface area (Å²) in [5.41, 5.74) is 0. The van der Waals surface area contributed by atoms with Gasteiger partial charge in [-0.1, -0.05) is 59.0 Å². The SMILES string of the molecule is CCOC(C/C=C\C/C=C\C/C=C\CCI)OCC. The molecule has 19 heavy (non-hydrogen) atoms. The van der Waals surface area contributed by atoms with Gasteiger partial charge in [0.05, 0.1) is 0 Å². The molecule has 0 radical (unpaired) electrons. The second-order valence-electron chi connectivity index (χ2n) is 3.94. The molecule has 0 aromatic heterocycles. The molecule has 0 bridgehead atoms. The Morgan fingerprint density at radius 2 is 1.37 bits per heavy atom. The molecule has 0 atom stereocenters. The van der Waals surface area contributed by atoms with Crippen molar-refractivity contribution in [1.29, 1.82) is 0 Å². The molecule has 0 N–H and O–H groups in total. The van der Waals surface area contributed by atoms with Gasteiger partial charge in [0.2, 0.25) is 0 Å². The first-order chi connectivity index (χ1) is 9.35. The van der Waals surface area contributed by atoms with Crippen LogP contribution in [0.4, 0.5) is 0 Å².